The van der Waals surface area contributed by atoms with Crippen molar-refractivity contribution in [3.8, 4) is 11.4 Å². The Kier molecular flexibility index (Phi) is 5.06. The first-order valence-electron chi connectivity index (χ1n) is 6.89. The highest BCUT2D eigenvalue weighted by Crippen LogP contribution is 2.29. The van der Waals surface area contributed by atoms with Gasteiger partial charge in [0.1, 0.15) is 5.82 Å². The van der Waals surface area contributed by atoms with E-state index in [1.54, 1.807) is 6.07 Å². The molecule has 0 radical (unpaired) electrons. The van der Waals surface area contributed by atoms with Crippen LogP contribution in [0.3, 0.4) is 0 Å². The first-order chi connectivity index (χ1) is 9.93. The van der Waals surface area contributed by atoms with Gasteiger partial charge < -0.3 is 5.32 Å². The van der Waals surface area contributed by atoms with Gasteiger partial charge in [0.15, 0.2) is 5.82 Å². The molecule has 1 aromatic carbocycles. The molecule has 0 saturated heterocycles. The fourth-order valence-electron chi connectivity index (χ4n) is 2.64. The Morgan fingerprint density at radius 1 is 1.24 bits per heavy atom. The van der Waals surface area contributed by atoms with Gasteiger partial charge in [0.2, 0.25) is 0 Å². The highest BCUT2D eigenvalue weighted by molar-refractivity contribution is 9.10. The number of likely N-dealkylation sites (N-methyl/N-ethyl adjacent to an activating group) is 1. The quantitative estimate of drug-likeness (QED) is 0.904. The molecule has 0 fully saturated rings. The molecular formula is C16H19BrFN3. The summed E-state index contributed by atoms with van der Waals surface area (Å²) in [5, 5.41) is 3.17. The van der Waals surface area contributed by atoms with Gasteiger partial charge in [-0.25, -0.2) is 14.4 Å². The lowest BCUT2D eigenvalue weighted by atomic mass is 9.98. The summed E-state index contributed by atoms with van der Waals surface area (Å²) in [5.41, 5.74) is 3.71. The lowest BCUT2D eigenvalue weighted by Crippen LogP contribution is -2.17. The molecule has 21 heavy (non-hydrogen) atoms. The summed E-state index contributed by atoms with van der Waals surface area (Å²) in [6.07, 6.45) is 0. The average Bonchev–Trinajstić information content (AvgIpc) is 2.41. The molecule has 2 aromatic rings. The second kappa shape index (κ2) is 6.62. The summed E-state index contributed by atoms with van der Waals surface area (Å²) in [6, 6.07) is 4.54. The van der Waals surface area contributed by atoms with Crippen LogP contribution in [0.15, 0.2) is 22.7 Å². The van der Waals surface area contributed by atoms with Crippen molar-refractivity contribution >= 4 is 15.9 Å². The first-order valence-corrected chi connectivity index (χ1v) is 7.68. The van der Waals surface area contributed by atoms with E-state index >= 15 is 0 Å². The van der Waals surface area contributed by atoms with Crippen molar-refractivity contribution in [3.05, 3.63) is 45.4 Å². The second-order valence-corrected chi connectivity index (χ2v) is 6.07. The molecule has 0 bridgehead atoms. The molecule has 0 spiro atoms. The highest BCUT2D eigenvalue weighted by Gasteiger charge is 2.16. The maximum Gasteiger partial charge on any atom is 0.160 e. The zero-order chi connectivity index (χ0) is 15.6. The molecule has 1 atom stereocenters. The Morgan fingerprint density at radius 3 is 2.43 bits per heavy atom. The van der Waals surface area contributed by atoms with Gasteiger partial charge in [-0.3, -0.25) is 0 Å². The maximum absolute atomic E-state index is 13.5. The van der Waals surface area contributed by atoms with Crippen molar-refractivity contribution in [2.75, 3.05) is 13.6 Å². The van der Waals surface area contributed by atoms with Gasteiger partial charge in [0.25, 0.3) is 0 Å². The van der Waals surface area contributed by atoms with Crippen molar-refractivity contribution in [2.45, 2.75) is 26.7 Å². The summed E-state index contributed by atoms with van der Waals surface area (Å²) in [7, 11) is 1.93. The van der Waals surface area contributed by atoms with Crippen LogP contribution >= 0.6 is 15.9 Å². The van der Waals surface area contributed by atoms with E-state index in [9.17, 15) is 4.39 Å². The van der Waals surface area contributed by atoms with E-state index in [1.165, 1.54) is 12.1 Å². The second-order valence-electron chi connectivity index (χ2n) is 5.21. The van der Waals surface area contributed by atoms with Crippen molar-refractivity contribution in [1.82, 2.24) is 15.3 Å². The number of aromatic nitrogens is 2. The average molecular weight is 352 g/mol. The van der Waals surface area contributed by atoms with Crippen LogP contribution in [0.1, 0.15) is 29.8 Å². The third-order valence-electron chi connectivity index (χ3n) is 3.50. The molecule has 1 N–H and O–H groups in total. The van der Waals surface area contributed by atoms with Gasteiger partial charge in [-0.2, -0.15) is 0 Å². The van der Waals surface area contributed by atoms with E-state index in [1.807, 2.05) is 20.9 Å². The van der Waals surface area contributed by atoms with E-state index < -0.39 is 0 Å². The fraction of sp³-hybridized carbons (Fsp3) is 0.375. The van der Waals surface area contributed by atoms with Crippen LogP contribution < -0.4 is 5.32 Å². The largest absolute Gasteiger partial charge is 0.319 e. The normalized spacial score (nSPS) is 12.5. The van der Waals surface area contributed by atoms with Gasteiger partial charge >= 0.3 is 0 Å². The molecule has 0 saturated carbocycles. The van der Waals surface area contributed by atoms with Gasteiger partial charge in [0.05, 0.1) is 0 Å². The number of benzene rings is 1. The molecule has 112 valence electrons. The van der Waals surface area contributed by atoms with Crippen molar-refractivity contribution in [1.29, 1.82) is 0 Å². The number of hydrogen-bond acceptors (Lipinski definition) is 3. The third kappa shape index (κ3) is 3.47. The fourth-order valence-corrected chi connectivity index (χ4v) is 3.06. The van der Waals surface area contributed by atoms with Crippen LogP contribution in [0.2, 0.25) is 0 Å². The van der Waals surface area contributed by atoms with Crippen LogP contribution in [0.25, 0.3) is 11.4 Å². The maximum atomic E-state index is 13.5. The van der Waals surface area contributed by atoms with Crippen LogP contribution in [-0.2, 0) is 0 Å². The van der Waals surface area contributed by atoms with E-state index in [2.05, 4.69) is 38.1 Å². The minimum Gasteiger partial charge on any atom is -0.319 e. The molecule has 0 aliphatic carbocycles. The van der Waals surface area contributed by atoms with Crippen molar-refractivity contribution in [2.24, 2.45) is 0 Å². The summed E-state index contributed by atoms with van der Waals surface area (Å²) in [5.74, 6) is 0.594. The first kappa shape index (κ1) is 16.0. The number of aryl methyl sites for hydroxylation is 2. The SMILES string of the molecule is CNCC(C)c1c(C)nc(-c2cc(F)ccc2Br)nc1C. The predicted molar refractivity (Wildman–Crippen MR) is 86.9 cm³/mol. The number of nitrogens with zero attached hydrogens (tertiary/aromatic N) is 2. The Labute approximate surface area is 133 Å². The summed E-state index contributed by atoms with van der Waals surface area (Å²) in [4.78, 5) is 9.15. The van der Waals surface area contributed by atoms with Gasteiger partial charge in [0, 0.05) is 28.0 Å². The van der Waals surface area contributed by atoms with Gasteiger partial charge in [-0.15, -0.1) is 0 Å². The van der Waals surface area contributed by atoms with Crippen LogP contribution in [-0.4, -0.2) is 23.6 Å². The minimum atomic E-state index is -0.292. The summed E-state index contributed by atoms with van der Waals surface area (Å²) < 4.78 is 14.2. The zero-order valence-corrected chi connectivity index (χ0v) is 14.3. The molecule has 0 aliphatic rings. The molecule has 0 amide bonds. The molecule has 1 heterocycles. The van der Waals surface area contributed by atoms with E-state index in [-0.39, 0.29) is 5.82 Å². The van der Waals surface area contributed by atoms with Crippen LogP contribution in [0.4, 0.5) is 4.39 Å². The summed E-state index contributed by atoms with van der Waals surface area (Å²) >= 11 is 3.43. The number of nitrogens with one attached hydrogen (secondary N) is 1. The standard InChI is InChI=1S/C16H19BrFN3/c1-9(8-19-4)15-10(2)20-16(21-11(15)3)13-7-12(18)5-6-14(13)17/h5-7,9,19H,8H2,1-4H3. The smallest absolute Gasteiger partial charge is 0.160 e. The van der Waals surface area contributed by atoms with E-state index in [4.69, 9.17) is 0 Å². The van der Waals surface area contributed by atoms with E-state index in [0.717, 1.165) is 28.0 Å². The Balaban J connectivity index is 2.51. The lowest BCUT2D eigenvalue weighted by Gasteiger charge is -2.17. The van der Waals surface area contributed by atoms with Crippen LogP contribution in [0.5, 0.6) is 0 Å². The number of hydrogen-bond donors (Lipinski definition) is 1. The molecule has 1 aromatic heterocycles. The van der Waals surface area contributed by atoms with Crippen LogP contribution in [0, 0.1) is 19.7 Å². The minimum absolute atomic E-state index is 0.292. The van der Waals surface area contributed by atoms with Gasteiger partial charge in [-0.05, 0) is 50.6 Å². The zero-order valence-electron chi connectivity index (χ0n) is 12.7. The molecule has 1 unspecified atom stereocenters. The molecule has 3 nitrogen and oxygen atoms in total. The number of rotatable bonds is 4. The van der Waals surface area contributed by atoms with Gasteiger partial charge in [-0.1, -0.05) is 22.9 Å². The Hall–Kier alpha value is -1.33. The monoisotopic (exact) mass is 351 g/mol. The van der Waals surface area contributed by atoms with Crippen molar-refractivity contribution < 1.29 is 4.39 Å². The van der Waals surface area contributed by atoms with Crippen molar-refractivity contribution in [3.63, 3.8) is 0 Å². The molecule has 2 rings (SSSR count). The van der Waals surface area contributed by atoms with E-state index in [0.29, 0.717) is 17.3 Å². The Bertz CT molecular complexity index is 635. The molecule has 0 aliphatic heterocycles. The topological polar surface area (TPSA) is 37.8 Å². The highest BCUT2D eigenvalue weighted by atomic mass is 79.9. The Morgan fingerprint density at radius 2 is 1.86 bits per heavy atom. The molecule has 5 heteroatoms. The lowest BCUT2D eigenvalue weighted by molar-refractivity contribution is 0.627. The summed E-state index contributed by atoms with van der Waals surface area (Å²) in [6.45, 7) is 6.97. The third-order valence-corrected chi connectivity index (χ3v) is 4.19. The predicted octanol–water partition coefficient (Wildman–Crippen LogP) is 3.98. The molecular weight excluding hydrogens is 333 g/mol. The number of halogens is 2.